The van der Waals surface area contributed by atoms with Crippen LogP contribution in [-0.2, 0) is 23.8 Å². The zero-order valence-electron chi connectivity index (χ0n) is 19.8. The first-order valence-corrected chi connectivity index (χ1v) is 11.2. The molecule has 6 heteroatoms. The van der Waals surface area contributed by atoms with Gasteiger partial charge in [-0.15, -0.1) is 0 Å². The lowest BCUT2D eigenvalue weighted by Crippen LogP contribution is -2.76. The number of hydrogen-bond donors (Lipinski definition) is 0. The summed E-state index contributed by atoms with van der Waals surface area (Å²) >= 11 is 0. The van der Waals surface area contributed by atoms with E-state index in [2.05, 4.69) is 18.7 Å². The first-order chi connectivity index (χ1) is 15.6. The van der Waals surface area contributed by atoms with Crippen LogP contribution in [0.1, 0.15) is 51.3 Å². The Morgan fingerprint density at radius 1 is 0.848 bits per heavy atom. The average Bonchev–Trinajstić information content (AvgIpc) is 2.95. The predicted molar refractivity (Wildman–Crippen MR) is 124 cm³/mol. The van der Waals surface area contributed by atoms with Gasteiger partial charge in [-0.05, 0) is 52.3 Å². The summed E-state index contributed by atoms with van der Waals surface area (Å²) in [5.41, 5.74) is 0.709. The van der Waals surface area contributed by atoms with Crippen molar-refractivity contribution >= 4 is 11.9 Å². The van der Waals surface area contributed by atoms with Crippen LogP contribution in [0.5, 0.6) is 0 Å². The van der Waals surface area contributed by atoms with Crippen LogP contribution in [0.2, 0.25) is 0 Å². The number of carbonyl (C=O) groups is 2. The molecule has 0 aliphatic carbocycles. The molecule has 1 fully saturated rings. The molecule has 2 aliphatic heterocycles. The molecule has 174 valence electrons. The lowest BCUT2D eigenvalue weighted by Gasteiger charge is -2.61. The van der Waals surface area contributed by atoms with E-state index < -0.39 is 35.5 Å². The molecule has 1 atom stereocenters. The lowest BCUT2D eigenvalue weighted by atomic mass is 9.73. The highest BCUT2D eigenvalue weighted by Gasteiger charge is 2.67. The van der Waals surface area contributed by atoms with Gasteiger partial charge in [0.25, 0.3) is 0 Å². The number of carbonyl (C=O) groups excluding carboxylic acids is 2. The number of benzene rings is 2. The molecular weight excluding hydrogens is 418 g/mol. The largest absolute Gasteiger partial charge is 0.414 e. The number of hydrogen-bond acceptors (Lipinski definition) is 6. The normalized spacial score (nSPS) is 23.8. The summed E-state index contributed by atoms with van der Waals surface area (Å²) < 4.78 is 18.7. The fraction of sp³-hybridized carbons (Fsp3) is 0.407. The second-order valence-electron chi connectivity index (χ2n) is 9.80. The maximum atomic E-state index is 12.6. The van der Waals surface area contributed by atoms with Crippen LogP contribution in [0.3, 0.4) is 0 Å². The van der Waals surface area contributed by atoms with Gasteiger partial charge in [0.05, 0.1) is 5.54 Å². The van der Waals surface area contributed by atoms with Crippen molar-refractivity contribution in [2.45, 2.75) is 63.2 Å². The van der Waals surface area contributed by atoms with Gasteiger partial charge in [0.1, 0.15) is 12.2 Å². The van der Waals surface area contributed by atoms with Gasteiger partial charge in [-0.1, -0.05) is 60.7 Å². The van der Waals surface area contributed by atoms with Crippen molar-refractivity contribution in [3.8, 4) is 0 Å². The van der Waals surface area contributed by atoms with Gasteiger partial charge in [-0.2, -0.15) is 0 Å². The number of ether oxygens (including phenoxy) is 3. The quantitative estimate of drug-likeness (QED) is 0.645. The molecule has 1 unspecified atom stereocenters. The Hall–Kier alpha value is -2.96. The van der Waals surface area contributed by atoms with Crippen LogP contribution < -0.4 is 0 Å². The van der Waals surface area contributed by atoms with E-state index in [1.54, 1.807) is 0 Å². The van der Waals surface area contributed by atoms with Gasteiger partial charge in [0, 0.05) is 17.7 Å². The molecule has 33 heavy (non-hydrogen) atoms. The van der Waals surface area contributed by atoms with Crippen LogP contribution in [0, 0.1) is 0 Å². The summed E-state index contributed by atoms with van der Waals surface area (Å²) in [6.07, 6.45) is 1.52. The zero-order valence-corrected chi connectivity index (χ0v) is 19.8. The number of likely N-dealkylation sites (tertiary alicyclic amines) is 1. The zero-order chi connectivity index (χ0) is 23.9. The molecule has 2 aromatic carbocycles. The Kier molecular flexibility index (Phi) is 5.93. The van der Waals surface area contributed by atoms with Gasteiger partial charge >= 0.3 is 17.7 Å². The standard InChI is InChI=1S/C27H31NO5/c1-25(2)18-21(27(26(3,4)28(25)5)32-22(29)16-17-23(30)33-27)31-24(19-12-8-6-9-13-19)20-14-10-7-11-15-20/h6-17,21,24H,18H2,1-5H3. The van der Waals surface area contributed by atoms with Crippen molar-refractivity contribution < 1.29 is 23.8 Å². The second-order valence-corrected chi connectivity index (χ2v) is 9.80. The van der Waals surface area contributed by atoms with Crippen molar-refractivity contribution in [3.63, 3.8) is 0 Å². The van der Waals surface area contributed by atoms with Crippen LogP contribution in [0.15, 0.2) is 72.8 Å². The molecule has 0 N–H and O–H groups in total. The third-order valence-electron chi connectivity index (χ3n) is 7.07. The molecule has 0 bridgehead atoms. The first-order valence-electron chi connectivity index (χ1n) is 11.2. The van der Waals surface area contributed by atoms with E-state index in [-0.39, 0.29) is 5.54 Å². The predicted octanol–water partition coefficient (Wildman–Crippen LogP) is 4.41. The van der Waals surface area contributed by atoms with Gasteiger partial charge in [0.15, 0.2) is 0 Å². The average molecular weight is 450 g/mol. The van der Waals surface area contributed by atoms with Gasteiger partial charge in [-0.25, -0.2) is 9.59 Å². The third kappa shape index (κ3) is 4.09. The Balaban J connectivity index is 1.84. The fourth-order valence-corrected chi connectivity index (χ4v) is 4.92. The monoisotopic (exact) mass is 449 g/mol. The molecule has 6 nitrogen and oxygen atoms in total. The highest BCUT2D eigenvalue weighted by molar-refractivity contribution is 5.93. The molecule has 4 rings (SSSR count). The molecule has 0 saturated carbocycles. The first kappa shape index (κ1) is 23.2. The molecule has 1 saturated heterocycles. The third-order valence-corrected chi connectivity index (χ3v) is 7.07. The Morgan fingerprint density at radius 2 is 1.30 bits per heavy atom. The van der Waals surface area contributed by atoms with E-state index in [0.717, 1.165) is 23.3 Å². The molecule has 2 aromatic rings. The van der Waals surface area contributed by atoms with Gasteiger partial charge in [0.2, 0.25) is 0 Å². The number of rotatable bonds is 4. The minimum atomic E-state index is -1.64. The van der Waals surface area contributed by atoms with Crippen LogP contribution >= 0.6 is 0 Å². The number of piperidine rings is 1. The van der Waals surface area contributed by atoms with E-state index in [1.807, 2.05) is 81.6 Å². The molecule has 2 aliphatic rings. The van der Waals surface area contributed by atoms with E-state index in [0.29, 0.717) is 6.42 Å². The number of esters is 2. The SMILES string of the molecule is CN1C(C)(C)CC(OC(c2ccccc2)c2ccccc2)C2(OC(=O)C=CC(=O)O2)C1(C)C. The highest BCUT2D eigenvalue weighted by atomic mass is 16.8. The topological polar surface area (TPSA) is 65.1 Å². The van der Waals surface area contributed by atoms with Crippen molar-refractivity contribution in [1.29, 1.82) is 0 Å². The van der Waals surface area contributed by atoms with Gasteiger partial charge in [-0.3, -0.25) is 4.90 Å². The van der Waals surface area contributed by atoms with Crippen molar-refractivity contribution in [2.24, 2.45) is 0 Å². The van der Waals surface area contributed by atoms with Crippen LogP contribution in [0.25, 0.3) is 0 Å². The molecule has 1 spiro atoms. The minimum absolute atomic E-state index is 0.324. The summed E-state index contributed by atoms with van der Waals surface area (Å²) in [5.74, 6) is -2.91. The van der Waals surface area contributed by atoms with E-state index in [1.165, 1.54) is 0 Å². The number of nitrogens with zero attached hydrogens (tertiary/aromatic N) is 1. The fourth-order valence-electron chi connectivity index (χ4n) is 4.92. The molecule has 0 amide bonds. The molecular formula is C27H31NO5. The van der Waals surface area contributed by atoms with Crippen LogP contribution in [-0.4, -0.2) is 46.9 Å². The smallest absolute Gasteiger partial charge is 0.334 e. The Morgan fingerprint density at radius 3 is 1.76 bits per heavy atom. The van der Waals surface area contributed by atoms with Crippen molar-refractivity contribution in [1.82, 2.24) is 4.90 Å². The van der Waals surface area contributed by atoms with Crippen molar-refractivity contribution in [2.75, 3.05) is 7.05 Å². The summed E-state index contributed by atoms with van der Waals surface area (Å²) in [6.45, 7) is 8.04. The lowest BCUT2D eigenvalue weighted by molar-refractivity contribution is -0.338. The highest BCUT2D eigenvalue weighted by Crippen LogP contribution is 2.50. The van der Waals surface area contributed by atoms with Crippen molar-refractivity contribution in [3.05, 3.63) is 83.9 Å². The maximum absolute atomic E-state index is 12.6. The van der Waals surface area contributed by atoms with E-state index >= 15 is 0 Å². The summed E-state index contributed by atoms with van der Waals surface area (Å²) in [5, 5.41) is 0. The number of likely N-dealkylation sites (N-methyl/N-ethyl adjacent to an activating group) is 1. The summed E-state index contributed by atoms with van der Waals surface area (Å²) in [4.78, 5) is 27.3. The maximum Gasteiger partial charge on any atom is 0.334 e. The van der Waals surface area contributed by atoms with E-state index in [4.69, 9.17) is 14.2 Å². The van der Waals surface area contributed by atoms with Gasteiger partial charge < -0.3 is 14.2 Å². The summed E-state index contributed by atoms with van der Waals surface area (Å²) in [6, 6.07) is 19.8. The Bertz CT molecular complexity index is 985. The van der Waals surface area contributed by atoms with E-state index in [9.17, 15) is 9.59 Å². The minimum Gasteiger partial charge on any atom is -0.414 e. The summed E-state index contributed by atoms with van der Waals surface area (Å²) in [7, 11) is 1.95. The molecule has 0 aromatic heterocycles. The molecule has 2 heterocycles. The Labute approximate surface area is 195 Å². The molecule has 0 radical (unpaired) electrons. The second kappa shape index (κ2) is 8.43. The van der Waals surface area contributed by atoms with Crippen LogP contribution in [0.4, 0.5) is 0 Å².